The largest absolute Gasteiger partial charge is 0.360 e. The van der Waals surface area contributed by atoms with E-state index in [1.807, 2.05) is 19.1 Å². The Morgan fingerprint density at radius 3 is 2.17 bits per heavy atom. The van der Waals surface area contributed by atoms with Crippen molar-refractivity contribution in [2.24, 2.45) is 0 Å². The van der Waals surface area contributed by atoms with E-state index in [2.05, 4.69) is 5.16 Å². The molecule has 1 aromatic heterocycles. The number of aromatic nitrogens is 1. The number of ketones is 1. The predicted molar refractivity (Wildman–Crippen MR) is 106 cm³/mol. The van der Waals surface area contributed by atoms with Crippen LogP contribution in [0.3, 0.4) is 0 Å². The molecule has 1 amide bonds. The first-order valence-corrected chi connectivity index (χ1v) is 10.9. The number of hydrogen-bond donors (Lipinski definition) is 0. The molecule has 3 rings (SSSR count). The Morgan fingerprint density at radius 1 is 1.00 bits per heavy atom. The number of rotatable bonds is 6. The molecule has 0 radical (unpaired) electrons. The highest BCUT2D eigenvalue weighted by molar-refractivity contribution is 7.89. The smallest absolute Gasteiger partial charge is 0.248 e. The number of nitrogens with zero attached hydrogens (tertiary/aromatic N) is 3. The second kappa shape index (κ2) is 8.46. The molecular weight excluding hydrogens is 394 g/mol. The van der Waals surface area contributed by atoms with Crippen molar-refractivity contribution in [1.82, 2.24) is 14.4 Å². The van der Waals surface area contributed by atoms with Crippen LogP contribution in [0.15, 0.2) is 33.7 Å². The topological polar surface area (TPSA) is 101 Å². The van der Waals surface area contributed by atoms with Gasteiger partial charge in [-0.2, -0.15) is 4.31 Å². The molecule has 1 aliphatic rings. The summed E-state index contributed by atoms with van der Waals surface area (Å²) < 4.78 is 32.0. The third-order valence-corrected chi connectivity index (χ3v) is 7.24. The third kappa shape index (κ3) is 4.56. The van der Waals surface area contributed by atoms with Crippen LogP contribution >= 0.6 is 0 Å². The van der Waals surface area contributed by atoms with Gasteiger partial charge in [0.05, 0.1) is 0 Å². The fourth-order valence-electron chi connectivity index (χ4n) is 3.41. The first-order valence-electron chi connectivity index (χ1n) is 9.51. The van der Waals surface area contributed by atoms with Gasteiger partial charge in [-0.3, -0.25) is 9.59 Å². The van der Waals surface area contributed by atoms with Crippen LogP contribution in [-0.4, -0.2) is 60.6 Å². The zero-order valence-electron chi connectivity index (χ0n) is 16.8. The van der Waals surface area contributed by atoms with E-state index in [-0.39, 0.29) is 48.3 Å². The third-order valence-electron chi connectivity index (χ3n) is 5.10. The second-order valence-corrected chi connectivity index (χ2v) is 9.10. The van der Waals surface area contributed by atoms with E-state index in [1.165, 1.54) is 4.31 Å². The molecule has 0 aliphatic carbocycles. The molecule has 156 valence electrons. The molecule has 0 atom stereocenters. The standard InChI is InChI=1S/C20H25N3O5S/c1-14-4-6-17(7-5-14)18(24)8-9-19(25)22-10-12-23(13-11-22)29(26,27)20-15(2)21-28-16(20)3/h4-7H,8-13H2,1-3H3. The van der Waals surface area contributed by atoms with Gasteiger partial charge in [0.2, 0.25) is 15.9 Å². The maximum Gasteiger partial charge on any atom is 0.248 e. The van der Waals surface area contributed by atoms with Gasteiger partial charge in [-0.05, 0) is 20.8 Å². The molecule has 0 N–H and O–H groups in total. The molecule has 2 heterocycles. The average Bonchev–Trinajstić information content (AvgIpc) is 3.05. The summed E-state index contributed by atoms with van der Waals surface area (Å²) in [5.74, 6) is 0.0495. The maximum atomic E-state index is 12.8. The van der Waals surface area contributed by atoms with Crippen LogP contribution in [0.4, 0.5) is 0 Å². The average molecular weight is 420 g/mol. The first-order chi connectivity index (χ1) is 13.7. The number of carbonyl (C=O) groups excluding carboxylic acids is 2. The van der Waals surface area contributed by atoms with Crippen molar-refractivity contribution in [2.75, 3.05) is 26.2 Å². The quantitative estimate of drug-likeness (QED) is 0.665. The van der Waals surface area contributed by atoms with E-state index in [9.17, 15) is 18.0 Å². The minimum atomic E-state index is -3.71. The SMILES string of the molecule is Cc1ccc(C(=O)CCC(=O)N2CCN(S(=O)(=O)c3c(C)noc3C)CC2)cc1. The Bertz CT molecular complexity index is 984. The molecule has 2 aromatic rings. The van der Waals surface area contributed by atoms with Gasteiger partial charge in [0, 0.05) is 44.6 Å². The Labute approximate surface area is 170 Å². The van der Waals surface area contributed by atoms with Crippen LogP contribution in [-0.2, 0) is 14.8 Å². The van der Waals surface area contributed by atoms with Crippen molar-refractivity contribution in [1.29, 1.82) is 0 Å². The van der Waals surface area contributed by atoms with Gasteiger partial charge in [0.1, 0.15) is 10.6 Å². The van der Waals surface area contributed by atoms with Crippen LogP contribution < -0.4 is 0 Å². The second-order valence-electron chi connectivity index (χ2n) is 7.23. The van der Waals surface area contributed by atoms with Crippen LogP contribution in [0.2, 0.25) is 0 Å². The fraction of sp³-hybridized carbons (Fsp3) is 0.450. The molecule has 1 fully saturated rings. The molecular formula is C20H25N3O5S. The van der Waals surface area contributed by atoms with Gasteiger partial charge < -0.3 is 9.42 Å². The van der Waals surface area contributed by atoms with Crippen LogP contribution in [0.25, 0.3) is 0 Å². The Morgan fingerprint density at radius 2 is 1.62 bits per heavy atom. The lowest BCUT2D eigenvalue weighted by molar-refractivity contribution is -0.132. The summed E-state index contributed by atoms with van der Waals surface area (Å²) in [4.78, 5) is 26.4. The number of Topliss-reactive ketones (excluding diaryl/α,β-unsaturated/α-hetero) is 1. The van der Waals surface area contributed by atoms with E-state index in [0.29, 0.717) is 24.3 Å². The molecule has 1 saturated heterocycles. The van der Waals surface area contributed by atoms with Crippen LogP contribution in [0, 0.1) is 20.8 Å². The lowest BCUT2D eigenvalue weighted by Gasteiger charge is -2.34. The van der Waals surface area contributed by atoms with Crippen molar-refractivity contribution >= 4 is 21.7 Å². The fourth-order valence-corrected chi connectivity index (χ4v) is 5.13. The van der Waals surface area contributed by atoms with E-state index < -0.39 is 10.0 Å². The monoisotopic (exact) mass is 419 g/mol. The molecule has 1 aliphatic heterocycles. The van der Waals surface area contributed by atoms with Crippen LogP contribution in [0.5, 0.6) is 0 Å². The van der Waals surface area contributed by atoms with E-state index in [4.69, 9.17) is 4.52 Å². The van der Waals surface area contributed by atoms with E-state index in [0.717, 1.165) is 5.56 Å². The molecule has 29 heavy (non-hydrogen) atoms. The summed E-state index contributed by atoms with van der Waals surface area (Å²) in [7, 11) is -3.71. The lowest BCUT2D eigenvalue weighted by atomic mass is 10.0. The molecule has 8 nitrogen and oxygen atoms in total. The highest BCUT2D eigenvalue weighted by atomic mass is 32.2. The van der Waals surface area contributed by atoms with Crippen molar-refractivity contribution in [3.8, 4) is 0 Å². The van der Waals surface area contributed by atoms with Crippen molar-refractivity contribution in [2.45, 2.75) is 38.5 Å². The number of piperazine rings is 1. The number of sulfonamides is 1. The normalized spacial score (nSPS) is 15.5. The maximum absolute atomic E-state index is 12.8. The number of benzene rings is 1. The predicted octanol–water partition coefficient (Wildman–Crippen LogP) is 2.10. The molecule has 0 bridgehead atoms. The zero-order valence-corrected chi connectivity index (χ0v) is 17.7. The van der Waals surface area contributed by atoms with Gasteiger partial charge >= 0.3 is 0 Å². The van der Waals surface area contributed by atoms with Gasteiger partial charge in [0.25, 0.3) is 0 Å². The summed E-state index contributed by atoms with van der Waals surface area (Å²) in [6.45, 7) is 6.09. The number of amides is 1. The van der Waals surface area contributed by atoms with Crippen LogP contribution in [0.1, 0.15) is 40.2 Å². The van der Waals surface area contributed by atoms with Gasteiger partial charge in [-0.25, -0.2) is 8.42 Å². The van der Waals surface area contributed by atoms with Crippen molar-refractivity contribution < 1.29 is 22.5 Å². The summed E-state index contributed by atoms with van der Waals surface area (Å²) in [5.41, 5.74) is 2.00. The first kappa shape index (κ1) is 21.2. The summed E-state index contributed by atoms with van der Waals surface area (Å²) >= 11 is 0. The minimum Gasteiger partial charge on any atom is -0.360 e. The van der Waals surface area contributed by atoms with Crippen molar-refractivity contribution in [3.05, 3.63) is 46.8 Å². The van der Waals surface area contributed by atoms with Gasteiger partial charge in [0.15, 0.2) is 11.5 Å². The molecule has 0 saturated carbocycles. The molecule has 0 spiro atoms. The molecule has 9 heteroatoms. The highest BCUT2D eigenvalue weighted by Crippen LogP contribution is 2.24. The summed E-state index contributed by atoms with van der Waals surface area (Å²) in [5, 5.41) is 3.71. The van der Waals surface area contributed by atoms with Gasteiger partial charge in [-0.1, -0.05) is 35.0 Å². The number of carbonyl (C=O) groups is 2. The highest BCUT2D eigenvalue weighted by Gasteiger charge is 2.34. The molecule has 0 unspecified atom stereocenters. The van der Waals surface area contributed by atoms with Crippen molar-refractivity contribution in [3.63, 3.8) is 0 Å². The van der Waals surface area contributed by atoms with E-state index >= 15 is 0 Å². The summed E-state index contributed by atoms with van der Waals surface area (Å²) in [6.07, 6.45) is 0.253. The summed E-state index contributed by atoms with van der Waals surface area (Å²) in [6, 6.07) is 7.27. The Hall–Kier alpha value is -2.52. The lowest BCUT2D eigenvalue weighted by Crippen LogP contribution is -2.50. The Balaban J connectivity index is 1.54. The molecule has 1 aromatic carbocycles. The number of hydrogen-bond acceptors (Lipinski definition) is 6. The van der Waals surface area contributed by atoms with E-state index in [1.54, 1.807) is 30.9 Å². The minimum absolute atomic E-state index is 0.0713. The van der Waals surface area contributed by atoms with Gasteiger partial charge in [-0.15, -0.1) is 0 Å². The zero-order chi connectivity index (χ0) is 21.2. The number of aryl methyl sites for hydroxylation is 3. The Kier molecular flexibility index (Phi) is 6.18.